The Kier molecular flexibility index (Phi) is 4.94. The lowest BCUT2D eigenvalue weighted by Crippen LogP contribution is -2.11. The van der Waals surface area contributed by atoms with E-state index >= 15 is 0 Å². The Bertz CT molecular complexity index is 639. The van der Waals surface area contributed by atoms with Crippen molar-refractivity contribution < 1.29 is 4.79 Å². The molecule has 0 aromatic heterocycles. The van der Waals surface area contributed by atoms with E-state index in [1.54, 1.807) is 6.92 Å². The lowest BCUT2D eigenvalue weighted by Gasteiger charge is -2.13. The molecule has 0 radical (unpaired) electrons. The first-order valence-corrected chi connectivity index (χ1v) is 7.25. The van der Waals surface area contributed by atoms with E-state index in [1.807, 2.05) is 32.2 Å². The summed E-state index contributed by atoms with van der Waals surface area (Å²) in [5, 5.41) is 3.17. The van der Waals surface area contributed by atoms with Gasteiger partial charge in [-0.05, 0) is 30.0 Å². The summed E-state index contributed by atoms with van der Waals surface area (Å²) in [5.74, 6) is 0.119. The van der Waals surface area contributed by atoms with E-state index in [0.717, 1.165) is 23.3 Å². The standard InChI is InChI=1S/C19H21NO/c1-4-18(14(2)21)19(20-3)17-12-10-16(11-13-17)15-8-6-5-7-9-15/h5-13,20H,4H2,1-3H3/b19-18-. The van der Waals surface area contributed by atoms with Gasteiger partial charge in [0.1, 0.15) is 0 Å². The van der Waals surface area contributed by atoms with Gasteiger partial charge in [-0.3, -0.25) is 4.79 Å². The van der Waals surface area contributed by atoms with Gasteiger partial charge in [0, 0.05) is 18.3 Å². The maximum Gasteiger partial charge on any atom is 0.157 e. The summed E-state index contributed by atoms with van der Waals surface area (Å²) in [7, 11) is 1.86. The second-order valence-corrected chi connectivity index (χ2v) is 4.96. The van der Waals surface area contributed by atoms with E-state index in [4.69, 9.17) is 0 Å². The van der Waals surface area contributed by atoms with Gasteiger partial charge in [0.25, 0.3) is 0 Å². The van der Waals surface area contributed by atoms with Crippen molar-refractivity contribution in [1.82, 2.24) is 5.32 Å². The molecule has 2 nitrogen and oxygen atoms in total. The fourth-order valence-electron chi connectivity index (χ4n) is 2.53. The van der Waals surface area contributed by atoms with E-state index in [2.05, 4.69) is 41.7 Å². The molecule has 0 aliphatic heterocycles. The number of benzene rings is 2. The van der Waals surface area contributed by atoms with Crippen molar-refractivity contribution in [2.24, 2.45) is 0 Å². The van der Waals surface area contributed by atoms with Gasteiger partial charge in [0.2, 0.25) is 0 Å². The number of nitrogens with one attached hydrogen (secondary N) is 1. The molecule has 0 amide bonds. The summed E-state index contributed by atoms with van der Waals surface area (Å²) in [6.07, 6.45) is 0.728. The zero-order valence-corrected chi connectivity index (χ0v) is 12.8. The summed E-state index contributed by atoms with van der Waals surface area (Å²) >= 11 is 0. The van der Waals surface area contributed by atoms with Gasteiger partial charge in [-0.2, -0.15) is 0 Å². The average molecular weight is 279 g/mol. The minimum absolute atomic E-state index is 0.119. The van der Waals surface area contributed by atoms with Crippen molar-refractivity contribution >= 4 is 11.5 Å². The van der Waals surface area contributed by atoms with Crippen molar-refractivity contribution in [1.29, 1.82) is 0 Å². The number of Topliss-reactive ketones (excluding diaryl/α,β-unsaturated/α-hetero) is 1. The van der Waals surface area contributed by atoms with Crippen LogP contribution in [0.25, 0.3) is 16.8 Å². The highest BCUT2D eigenvalue weighted by Gasteiger charge is 2.10. The minimum Gasteiger partial charge on any atom is -0.387 e. The second kappa shape index (κ2) is 6.89. The molecule has 2 rings (SSSR count). The molecule has 0 spiro atoms. The van der Waals surface area contributed by atoms with E-state index < -0.39 is 0 Å². The van der Waals surface area contributed by atoms with Crippen LogP contribution in [0.4, 0.5) is 0 Å². The number of allylic oxidation sites excluding steroid dienone is 1. The van der Waals surface area contributed by atoms with Crippen LogP contribution in [0.15, 0.2) is 60.2 Å². The highest BCUT2D eigenvalue weighted by Crippen LogP contribution is 2.24. The van der Waals surface area contributed by atoms with Crippen molar-refractivity contribution in [3.05, 3.63) is 65.7 Å². The fourth-order valence-corrected chi connectivity index (χ4v) is 2.53. The fraction of sp³-hybridized carbons (Fsp3) is 0.211. The molecule has 0 saturated carbocycles. The quantitative estimate of drug-likeness (QED) is 0.827. The summed E-state index contributed by atoms with van der Waals surface area (Å²) in [6, 6.07) is 18.6. The predicted octanol–water partition coefficient (Wildman–Crippen LogP) is 4.28. The van der Waals surface area contributed by atoms with Gasteiger partial charge in [-0.25, -0.2) is 0 Å². The van der Waals surface area contributed by atoms with Gasteiger partial charge in [0.05, 0.1) is 0 Å². The largest absolute Gasteiger partial charge is 0.387 e. The number of hydrogen-bond acceptors (Lipinski definition) is 2. The molecule has 0 atom stereocenters. The zero-order chi connectivity index (χ0) is 15.2. The number of carbonyl (C=O) groups excluding carboxylic acids is 1. The van der Waals surface area contributed by atoms with Crippen LogP contribution in [0.3, 0.4) is 0 Å². The van der Waals surface area contributed by atoms with Crippen LogP contribution in [0.1, 0.15) is 25.8 Å². The van der Waals surface area contributed by atoms with E-state index in [-0.39, 0.29) is 5.78 Å². The van der Waals surface area contributed by atoms with Crippen molar-refractivity contribution in [3.63, 3.8) is 0 Å². The molecule has 0 fully saturated rings. The first-order valence-electron chi connectivity index (χ1n) is 7.25. The molecule has 21 heavy (non-hydrogen) atoms. The van der Waals surface area contributed by atoms with Crippen molar-refractivity contribution in [2.45, 2.75) is 20.3 Å². The van der Waals surface area contributed by atoms with E-state index in [0.29, 0.717) is 0 Å². The lowest BCUT2D eigenvalue weighted by atomic mass is 9.98. The SMILES string of the molecule is CC/C(C(C)=O)=C(/NC)c1ccc(-c2ccccc2)cc1. The number of rotatable bonds is 5. The summed E-state index contributed by atoms with van der Waals surface area (Å²) < 4.78 is 0. The maximum atomic E-state index is 11.7. The van der Waals surface area contributed by atoms with Gasteiger partial charge < -0.3 is 5.32 Å². The highest BCUT2D eigenvalue weighted by molar-refractivity contribution is 6.00. The van der Waals surface area contributed by atoms with Gasteiger partial charge >= 0.3 is 0 Å². The Morgan fingerprint density at radius 1 is 0.952 bits per heavy atom. The number of hydrogen-bond donors (Lipinski definition) is 1. The third kappa shape index (κ3) is 3.40. The van der Waals surface area contributed by atoms with Crippen LogP contribution < -0.4 is 5.32 Å². The smallest absolute Gasteiger partial charge is 0.157 e. The van der Waals surface area contributed by atoms with Crippen LogP contribution >= 0.6 is 0 Å². The molecular formula is C19H21NO. The molecular weight excluding hydrogens is 258 g/mol. The molecule has 0 heterocycles. The van der Waals surface area contributed by atoms with Crippen LogP contribution in [-0.4, -0.2) is 12.8 Å². The van der Waals surface area contributed by atoms with Gasteiger partial charge in [-0.1, -0.05) is 61.5 Å². The van der Waals surface area contributed by atoms with Gasteiger partial charge in [-0.15, -0.1) is 0 Å². The molecule has 2 heteroatoms. The first-order chi connectivity index (χ1) is 10.2. The van der Waals surface area contributed by atoms with Crippen LogP contribution in [0.2, 0.25) is 0 Å². The topological polar surface area (TPSA) is 29.1 Å². The molecule has 2 aromatic rings. The summed E-state index contributed by atoms with van der Waals surface area (Å²) in [6.45, 7) is 3.63. The first kappa shape index (κ1) is 15.0. The Hall–Kier alpha value is -2.35. The molecule has 1 N–H and O–H groups in total. The van der Waals surface area contributed by atoms with Crippen LogP contribution in [0, 0.1) is 0 Å². The van der Waals surface area contributed by atoms with Crippen molar-refractivity contribution in [3.8, 4) is 11.1 Å². The third-order valence-corrected chi connectivity index (χ3v) is 3.61. The Morgan fingerprint density at radius 3 is 2.00 bits per heavy atom. The average Bonchev–Trinajstić information content (AvgIpc) is 2.53. The summed E-state index contributed by atoms with van der Waals surface area (Å²) in [4.78, 5) is 11.7. The monoisotopic (exact) mass is 279 g/mol. The van der Waals surface area contributed by atoms with E-state index in [9.17, 15) is 4.79 Å². The Morgan fingerprint density at radius 2 is 1.52 bits per heavy atom. The maximum absolute atomic E-state index is 11.7. The second-order valence-electron chi connectivity index (χ2n) is 4.96. The van der Waals surface area contributed by atoms with Crippen LogP contribution in [-0.2, 0) is 4.79 Å². The molecule has 0 aliphatic carbocycles. The highest BCUT2D eigenvalue weighted by atomic mass is 16.1. The molecule has 2 aromatic carbocycles. The summed E-state index contributed by atoms with van der Waals surface area (Å²) in [5.41, 5.74) is 5.18. The van der Waals surface area contributed by atoms with Crippen molar-refractivity contribution in [2.75, 3.05) is 7.05 Å². The molecule has 108 valence electrons. The lowest BCUT2D eigenvalue weighted by molar-refractivity contribution is -0.113. The molecule has 0 saturated heterocycles. The molecule has 0 bridgehead atoms. The Balaban J connectivity index is 2.40. The molecule has 0 unspecified atom stereocenters. The predicted molar refractivity (Wildman–Crippen MR) is 88.8 cm³/mol. The number of ketones is 1. The third-order valence-electron chi connectivity index (χ3n) is 3.61. The minimum atomic E-state index is 0.119. The molecule has 0 aliphatic rings. The van der Waals surface area contributed by atoms with E-state index in [1.165, 1.54) is 11.1 Å². The zero-order valence-electron chi connectivity index (χ0n) is 12.8. The normalized spacial score (nSPS) is 11.8. The van der Waals surface area contributed by atoms with Crippen LogP contribution in [0.5, 0.6) is 0 Å². The number of carbonyl (C=O) groups is 1. The Labute approximate surface area is 126 Å². The van der Waals surface area contributed by atoms with Gasteiger partial charge in [0.15, 0.2) is 5.78 Å².